The Morgan fingerprint density at radius 1 is 1.29 bits per heavy atom. The van der Waals surface area contributed by atoms with Gasteiger partial charge in [0.25, 0.3) is 0 Å². The van der Waals surface area contributed by atoms with Crippen LogP contribution in [0.4, 0.5) is 0 Å². The van der Waals surface area contributed by atoms with Gasteiger partial charge in [-0.05, 0) is 25.1 Å². The zero-order valence-electron chi connectivity index (χ0n) is 7.96. The van der Waals surface area contributed by atoms with Crippen LogP contribution in [0.5, 0.6) is 0 Å². The molecule has 2 N–H and O–H groups in total. The fraction of sp³-hybridized carbons (Fsp3) is 0.364. The summed E-state index contributed by atoms with van der Waals surface area (Å²) in [5.41, 5.74) is 2.23. The largest absolute Gasteiger partial charge is 0.342 e. The van der Waals surface area contributed by atoms with Gasteiger partial charge in [0, 0.05) is 12.5 Å². The van der Waals surface area contributed by atoms with Crippen molar-refractivity contribution in [1.29, 1.82) is 0 Å². The van der Waals surface area contributed by atoms with E-state index in [0.29, 0.717) is 5.92 Å². The van der Waals surface area contributed by atoms with Crippen LogP contribution in [-0.4, -0.2) is 23.1 Å². The lowest BCUT2D eigenvalue weighted by Crippen LogP contribution is -2.08. The molecule has 2 aromatic rings. The molecule has 1 aliphatic heterocycles. The van der Waals surface area contributed by atoms with Crippen LogP contribution < -0.4 is 5.32 Å². The van der Waals surface area contributed by atoms with Crippen molar-refractivity contribution in [2.24, 2.45) is 0 Å². The molecule has 0 radical (unpaired) electrons. The molecule has 0 aliphatic carbocycles. The number of benzene rings is 1. The third-order valence-corrected chi connectivity index (χ3v) is 2.85. The standard InChI is InChI=1S/C11H13N3/c1-2-4-10-9(3-1)13-11(14-10)8-5-6-12-7-8/h1-4,8,12H,5-7H2,(H,13,14)/t8-/m0/s1. The number of rotatable bonds is 1. The fourth-order valence-corrected chi connectivity index (χ4v) is 2.05. The number of H-pyrrole nitrogens is 1. The van der Waals surface area contributed by atoms with Crippen molar-refractivity contribution in [3.05, 3.63) is 30.1 Å². The lowest BCUT2D eigenvalue weighted by Gasteiger charge is -2.01. The number of nitrogens with zero attached hydrogens (tertiary/aromatic N) is 1. The molecule has 0 unspecified atom stereocenters. The number of fused-ring (bicyclic) bond motifs is 1. The topological polar surface area (TPSA) is 40.7 Å². The van der Waals surface area contributed by atoms with Crippen LogP contribution in [0.15, 0.2) is 24.3 Å². The van der Waals surface area contributed by atoms with E-state index in [2.05, 4.69) is 27.4 Å². The number of nitrogens with one attached hydrogen (secondary N) is 2. The Morgan fingerprint density at radius 3 is 3.00 bits per heavy atom. The van der Waals surface area contributed by atoms with Crippen LogP contribution in [0.25, 0.3) is 11.0 Å². The minimum Gasteiger partial charge on any atom is -0.342 e. The lowest BCUT2D eigenvalue weighted by atomic mass is 10.1. The van der Waals surface area contributed by atoms with Crippen LogP contribution in [-0.2, 0) is 0 Å². The molecule has 1 saturated heterocycles. The van der Waals surface area contributed by atoms with E-state index >= 15 is 0 Å². The first kappa shape index (κ1) is 8.00. The maximum absolute atomic E-state index is 4.60. The highest BCUT2D eigenvalue weighted by Crippen LogP contribution is 2.22. The van der Waals surface area contributed by atoms with Gasteiger partial charge in [0.1, 0.15) is 5.82 Å². The van der Waals surface area contributed by atoms with E-state index in [9.17, 15) is 0 Å². The number of aromatic nitrogens is 2. The average Bonchev–Trinajstić information content (AvgIpc) is 2.86. The highest BCUT2D eigenvalue weighted by molar-refractivity contribution is 5.74. The summed E-state index contributed by atoms with van der Waals surface area (Å²) in [6, 6.07) is 8.20. The van der Waals surface area contributed by atoms with Crippen LogP contribution in [0.2, 0.25) is 0 Å². The maximum Gasteiger partial charge on any atom is 0.111 e. The third-order valence-electron chi connectivity index (χ3n) is 2.85. The Balaban J connectivity index is 2.05. The number of aromatic amines is 1. The van der Waals surface area contributed by atoms with Gasteiger partial charge in [-0.1, -0.05) is 12.1 Å². The minimum absolute atomic E-state index is 0.572. The number of hydrogen-bond donors (Lipinski definition) is 2. The molecule has 1 atom stereocenters. The van der Waals surface area contributed by atoms with E-state index in [1.165, 1.54) is 6.42 Å². The summed E-state index contributed by atoms with van der Waals surface area (Å²) in [4.78, 5) is 7.99. The van der Waals surface area contributed by atoms with Crippen molar-refractivity contribution in [1.82, 2.24) is 15.3 Å². The minimum atomic E-state index is 0.572. The van der Waals surface area contributed by atoms with Crippen molar-refractivity contribution in [3.8, 4) is 0 Å². The predicted octanol–water partition coefficient (Wildman–Crippen LogP) is 1.64. The SMILES string of the molecule is c1ccc2[nH]c([C@H]3CCNC3)nc2c1. The van der Waals surface area contributed by atoms with Crippen molar-refractivity contribution in [3.63, 3.8) is 0 Å². The first-order valence-corrected chi connectivity index (χ1v) is 5.09. The molecule has 1 aliphatic rings. The second-order valence-corrected chi connectivity index (χ2v) is 3.83. The first-order chi connectivity index (χ1) is 6.93. The summed E-state index contributed by atoms with van der Waals surface area (Å²) < 4.78 is 0. The van der Waals surface area contributed by atoms with Gasteiger partial charge in [0.05, 0.1) is 11.0 Å². The van der Waals surface area contributed by atoms with E-state index in [-0.39, 0.29) is 0 Å². The summed E-state index contributed by atoms with van der Waals surface area (Å²) >= 11 is 0. The van der Waals surface area contributed by atoms with E-state index in [1.54, 1.807) is 0 Å². The highest BCUT2D eigenvalue weighted by atomic mass is 15.0. The molecular formula is C11H13N3. The van der Waals surface area contributed by atoms with E-state index in [0.717, 1.165) is 29.9 Å². The molecule has 0 spiro atoms. The second kappa shape index (κ2) is 3.10. The molecule has 3 nitrogen and oxygen atoms in total. The van der Waals surface area contributed by atoms with E-state index < -0.39 is 0 Å². The molecule has 1 aromatic heterocycles. The van der Waals surface area contributed by atoms with Crippen molar-refractivity contribution >= 4 is 11.0 Å². The van der Waals surface area contributed by atoms with Crippen LogP contribution in [0.1, 0.15) is 18.2 Å². The number of hydrogen-bond acceptors (Lipinski definition) is 2. The summed E-state index contributed by atoms with van der Waals surface area (Å²) in [6.45, 7) is 2.17. The molecule has 3 rings (SSSR count). The molecule has 72 valence electrons. The zero-order valence-corrected chi connectivity index (χ0v) is 7.96. The molecule has 0 saturated carbocycles. The van der Waals surface area contributed by atoms with Gasteiger partial charge in [-0.3, -0.25) is 0 Å². The van der Waals surface area contributed by atoms with E-state index in [4.69, 9.17) is 0 Å². The predicted molar refractivity (Wildman–Crippen MR) is 56.3 cm³/mol. The van der Waals surface area contributed by atoms with Gasteiger partial charge in [0.15, 0.2) is 0 Å². The Hall–Kier alpha value is -1.35. The Kier molecular flexibility index (Phi) is 1.77. The summed E-state index contributed by atoms with van der Waals surface area (Å²) in [5, 5.41) is 3.36. The van der Waals surface area contributed by atoms with Gasteiger partial charge in [-0.25, -0.2) is 4.98 Å². The highest BCUT2D eigenvalue weighted by Gasteiger charge is 2.19. The second-order valence-electron chi connectivity index (χ2n) is 3.83. The monoisotopic (exact) mass is 187 g/mol. The smallest absolute Gasteiger partial charge is 0.111 e. The Bertz CT molecular complexity index is 407. The number of para-hydroxylation sites is 2. The van der Waals surface area contributed by atoms with Gasteiger partial charge in [-0.2, -0.15) is 0 Å². The average molecular weight is 187 g/mol. The molecule has 0 amide bonds. The Labute approximate surface area is 82.5 Å². The van der Waals surface area contributed by atoms with Gasteiger partial charge >= 0.3 is 0 Å². The zero-order chi connectivity index (χ0) is 9.38. The van der Waals surface area contributed by atoms with Crippen LogP contribution >= 0.6 is 0 Å². The maximum atomic E-state index is 4.60. The molecule has 0 bridgehead atoms. The normalized spacial score (nSPS) is 21.9. The summed E-state index contributed by atoms with van der Waals surface area (Å²) in [7, 11) is 0. The molecule has 14 heavy (non-hydrogen) atoms. The molecule has 1 aromatic carbocycles. The van der Waals surface area contributed by atoms with Gasteiger partial charge in [0.2, 0.25) is 0 Å². The van der Waals surface area contributed by atoms with Gasteiger partial charge < -0.3 is 10.3 Å². The summed E-state index contributed by atoms with van der Waals surface area (Å²) in [6.07, 6.45) is 1.19. The Morgan fingerprint density at radius 2 is 2.21 bits per heavy atom. The van der Waals surface area contributed by atoms with Crippen LogP contribution in [0, 0.1) is 0 Å². The van der Waals surface area contributed by atoms with Crippen LogP contribution in [0.3, 0.4) is 0 Å². The van der Waals surface area contributed by atoms with Crippen molar-refractivity contribution in [2.75, 3.05) is 13.1 Å². The molecule has 1 fully saturated rings. The fourth-order valence-electron chi connectivity index (χ4n) is 2.05. The number of imidazole rings is 1. The van der Waals surface area contributed by atoms with E-state index in [1.807, 2.05) is 12.1 Å². The van der Waals surface area contributed by atoms with Gasteiger partial charge in [-0.15, -0.1) is 0 Å². The molecule has 2 heterocycles. The van der Waals surface area contributed by atoms with Crippen molar-refractivity contribution < 1.29 is 0 Å². The molecular weight excluding hydrogens is 174 g/mol. The van der Waals surface area contributed by atoms with Crippen molar-refractivity contribution in [2.45, 2.75) is 12.3 Å². The third kappa shape index (κ3) is 1.21. The summed E-state index contributed by atoms with van der Waals surface area (Å²) in [5.74, 6) is 1.71. The lowest BCUT2D eigenvalue weighted by molar-refractivity contribution is 0.717. The molecule has 3 heteroatoms. The quantitative estimate of drug-likeness (QED) is 0.712. The first-order valence-electron chi connectivity index (χ1n) is 5.09.